The van der Waals surface area contributed by atoms with Gasteiger partial charge in [0.05, 0.1) is 0 Å². The molecule has 2 heteroatoms. The fourth-order valence-electron chi connectivity index (χ4n) is 7.59. The van der Waals surface area contributed by atoms with Crippen molar-refractivity contribution in [3.05, 3.63) is 60.2 Å². The Balaban J connectivity index is 1.31. The van der Waals surface area contributed by atoms with Crippen molar-refractivity contribution in [2.75, 3.05) is 19.6 Å². The van der Waals surface area contributed by atoms with Gasteiger partial charge in [0, 0.05) is 31.7 Å². The van der Waals surface area contributed by atoms with Crippen molar-refractivity contribution in [3.8, 4) is 0 Å². The summed E-state index contributed by atoms with van der Waals surface area (Å²) in [6.45, 7) is 4.94. The van der Waals surface area contributed by atoms with Crippen LogP contribution in [0.2, 0.25) is 0 Å². The molecular weight excluding hydrogens is 388 g/mol. The molecule has 164 valence electrons. The van der Waals surface area contributed by atoms with Gasteiger partial charge in [-0.3, -0.25) is 9.80 Å². The molecule has 4 aromatic rings. The van der Waals surface area contributed by atoms with Gasteiger partial charge < -0.3 is 0 Å². The van der Waals surface area contributed by atoms with Crippen molar-refractivity contribution in [3.63, 3.8) is 0 Å². The smallest absolute Gasteiger partial charge is 0.0283 e. The normalized spacial score (nSPS) is 25.9. The highest BCUT2D eigenvalue weighted by Gasteiger charge is 2.43. The molecule has 7 rings (SSSR count). The lowest BCUT2D eigenvalue weighted by atomic mass is 9.78. The highest BCUT2D eigenvalue weighted by molar-refractivity contribution is 6.23. The van der Waals surface area contributed by atoms with Crippen LogP contribution in [-0.4, -0.2) is 41.5 Å². The van der Waals surface area contributed by atoms with Crippen LogP contribution in [0.3, 0.4) is 0 Å². The fraction of sp³-hybridized carbons (Fsp3) is 0.467. The lowest BCUT2D eigenvalue weighted by Crippen LogP contribution is -2.59. The zero-order valence-electron chi connectivity index (χ0n) is 19.1. The topological polar surface area (TPSA) is 6.48 Å². The summed E-state index contributed by atoms with van der Waals surface area (Å²) in [5.41, 5.74) is 1.53. The SMILES string of the molecule is c1cc2ccc3ccc(CN4CCN5CCC[C@H]5[C@H]4C4CCCCC4)c4ccc(c1)c2c34. The van der Waals surface area contributed by atoms with Gasteiger partial charge in [0.1, 0.15) is 0 Å². The van der Waals surface area contributed by atoms with Gasteiger partial charge in [-0.15, -0.1) is 0 Å². The Bertz CT molecular complexity index is 1240. The van der Waals surface area contributed by atoms with E-state index in [1.807, 2.05) is 0 Å². The van der Waals surface area contributed by atoms with Crippen LogP contribution in [0.1, 0.15) is 50.5 Å². The van der Waals surface area contributed by atoms with E-state index in [1.165, 1.54) is 102 Å². The lowest BCUT2D eigenvalue weighted by molar-refractivity contribution is -0.00357. The minimum Gasteiger partial charge on any atom is -0.298 e. The highest BCUT2D eigenvalue weighted by Crippen LogP contribution is 2.40. The van der Waals surface area contributed by atoms with Crippen molar-refractivity contribution in [1.29, 1.82) is 0 Å². The summed E-state index contributed by atoms with van der Waals surface area (Å²) in [4.78, 5) is 5.74. The Morgan fingerprint density at radius 1 is 0.656 bits per heavy atom. The summed E-state index contributed by atoms with van der Waals surface area (Å²) in [7, 11) is 0. The van der Waals surface area contributed by atoms with Gasteiger partial charge in [0.2, 0.25) is 0 Å². The average Bonchev–Trinajstić information content (AvgIpc) is 3.33. The van der Waals surface area contributed by atoms with Crippen molar-refractivity contribution >= 4 is 32.3 Å². The second-order valence-electron chi connectivity index (χ2n) is 10.7. The maximum Gasteiger partial charge on any atom is 0.0283 e. The molecule has 3 fully saturated rings. The molecule has 4 aromatic carbocycles. The fourth-order valence-corrected chi connectivity index (χ4v) is 7.59. The summed E-state index contributed by atoms with van der Waals surface area (Å²) < 4.78 is 0. The zero-order chi connectivity index (χ0) is 21.1. The molecule has 32 heavy (non-hydrogen) atoms. The molecule has 2 heterocycles. The Kier molecular flexibility index (Phi) is 4.66. The van der Waals surface area contributed by atoms with Gasteiger partial charge in [-0.25, -0.2) is 0 Å². The number of rotatable bonds is 3. The third-order valence-corrected chi connectivity index (χ3v) is 9.03. The molecule has 2 atom stereocenters. The third-order valence-electron chi connectivity index (χ3n) is 9.03. The third kappa shape index (κ3) is 2.99. The summed E-state index contributed by atoms with van der Waals surface area (Å²) in [5, 5.41) is 8.54. The van der Waals surface area contributed by atoms with E-state index >= 15 is 0 Å². The van der Waals surface area contributed by atoms with E-state index in [0.717, 1.165) is 24.5 Å². The Labute approximate surface area is 191 Å². The van der Waals surface area contributed by atoms with Gasteiger partial charge in [-0.2, -0.15) is 0 Å². The maximum atomic E-state index is 2.91. The van der Waals surface area contributed by atoms with E-state index in [1.54, 1.807) is 0 Å². The lowest BCUT2D eigenvalue weighted by Gasteiger charge is -2.49. The summed E-state index contributed by atoms with van der Waals surface area (Å²) in [6.07, 6.45) is 10.1. The Morgan fingerprint density at radius 2 is 1.41 bits per heavy atom. The summed E-state index contributed by atoms with van der Waals surface area (Å²) >= 11 is 0. The molecule has 2 saturated heterocycles. The van der Waals surface area contributed by atoms with E-state index in [9.17, 15) is 0 Å². The molecule has 0 N–H and O–H groups in total. The molecular formula is C30H34N2. The van der Waals surface area contributed by atoms with Crippen LogP contribution in [0, 0.1) is 5.92 Å². The predicted molar refractivity (Wildman–Crippen MR) is 136 cm³/mol. The monoisotopic (exact) mass is 422 g/mol. The molecule has 0 amide bonds. The van der Waals surface area contributed by atoms with Crippen LogP contribution < -0.4 is 0 Å². The number of hydrogen-bond acceptors (Lipinski definition) is 2. The first kappa shape index (κ1) is 19.3. The average molecular weight is 423 g/mol. The molecule has 0 bridgehead atoms. The van der Waals surface area contributed by atoms with Crippen molar-refractivity contribution < 1.29 is 0 Å². The van der Waals surface area contributed by atoms with Crippen LogP contribution in [0.5, 0.6) is 0 Å². The van der Waals surface area contributed by atoms with Crippen molar-refractivity contribution in [2.24, 2.45) is 5.92 Å². The maximum absolute atomic E-state index is 2.91. The number of hydrogen-bond donors (Lipinski definition) is 0. The molecule has 0 spiro atoms. The Hall–Kier alpha value is -2.16. The van der Waals surface area contributed by atoms with Crippen LogP contribution in [0.25, 0.3) is 32.3 Å². The summed E-state index contributed by atoms with van der Waals surface area (Å²) in [5.74, 6) is 0.898. The largest absolute Gasteiger partial charge is 0.298 e. The van der Waals surface area contributed by atoms with Crippen LogP contribution in [-0.2, 0) is 6.54 Å². The molecule has 2 nitrogen and oxygen atoms in total. The molecule has 2 aliphatic heterocycles. The van der Waals surface area contributed by atoms with Gasteiger partial charge in [0.25, 0.3) is 0 Å². The second-order valence-corrected chi connectivity index (χ2v) is 10.7. The molecule has 0 radical (unpaired) electrons. The quantitative estimate of drug-likeness (QED) is 0.335. The minimum atomic E-state index is 0.755. The molecule has 1 aliphatic carbocycles. The van der Waals surface area contributed by atoms with Crippen LogP contribution >= 0.6 is 0 Å². The zero-order valence-corrected chi connectivity index (χ0v) is 19.1. The first-order chi connectivity index (χ1) is 15.9. The van der Waals surface area contributed by atoms with Crippen molar-refractivity contribution in [2.45, 2.75) is 63.6 Å². The standard InChI is InChI=1S/C30H34N2/c1-2-6-24(7-3-1)30-27-10-5-17-31(27)18-19-32(30)20-25-14-13-23-12-11-21-8-4-9-22-15-16-26(25)29(23)28(21)22/h4,8-9,11-16,24,27,30H,1-3,5-7,10,17-20H2/t27-,30+/m0/s1. The molecule has 1 saturated carbocycles. The first-order valence-electron chi connectivity index (χ1n) is 13.0. The van der Waals surface area contributed by atoms with E-state index in [0.29, 0.717) is 0 Å². The number of piperazine rings is 1. The Morgan fingerprint density at radius 3 is 2.25 bits per heavy atom. The first-order valence-corrected chi connectivity index (χ1v) is 13.0. The number of fused-ring (bicyclic) bond motifs is 1. The van der Waals surface area contributed by atoms with E-state index in [2.05, 4.69) is 64.4 Å². The highest BCUT2D eigenvalue weighted by atomic mass is 15.3. The summed E-state index contributed by atoms with van der Waals surface area (Å²) in [6, 6.07) is 22.5. The number of nitrogens with zero attached hydrogens (tertiary/aromatic N) is 2. The van der Waals surface area contributed by atoms with Gasteiger partial charge in [-0.1, -0.05) is 73.9 Å². The van der Waals surface area contributed by atoms with Gasteiger partial charge in [0.15, 0.2) is 0 Å². The number of benzene rings is 4. The van der Waals surface area contributed by atoms with E-state index in [-0.39, 0.29) is 0 Å². The van der Waals surface area contributed by atoms with Gasteiger partial charge in [-0.05, 0) is 76.0 Å². The molecule has 0 aromatic heterocycles. The van der Waals surface area contributed by atoms with Crippen molar-refractivity contribution in [1.82, 2.24) is 9.80 Å². The van der Waals surface area contributed by atoms with Crippen LogP contribution in [0.15, 0.2) is 54.6 Å². The molecule has 3 aliphatic rings. The van der Waals surface area contributed by atoms with Gasteiger partial charge >= 0.3 is 0 Å². The minimum absolute atomic E-state index is 0.755. The van der Waals surface area contributed by atoms with Crippen LogP contribution in [0.4, 0.5) is 0 Å². The molecule has 0 unspecified atom stereocenters. The van der Waals surface area contributed by atoms with E-state index in [4.69, 9.17) is 0 Å². The van der Waals surface area contributed by atoms with E-state index < -0.39 is 0 Å². The predicted octanol–water partition coefficient (Wildman–Crippen LogP) is 6.81. The second kappa shape index (κ2) is 7.71.